The first-order valence-corrected chi connectivity index (χ1v) is 8.02. The fraction of sp³-hybridized carbons (Fsp3) is 0.353. The fourth-order valence-corrected chi connectivity index (χ4v) is 3.65. The minimum Gasteiger partial charge on any atom is -0.618 e. The average molecular weight is 354 g/mol. The summed E-state index contributed by atoms with van der Waals surface area (Å²) in [7, 11) is 0. The third-order valence-corrected chi connectivity index (χ3v) is 4.54. The van der Waals surface area contributed by atoms with Crippen LogP contribution in [0.3, 0.4) is 0 Å². The Morgan fingerprint density at radius 2 is 2.00 bits per heavy atom. The van der Waals surface area contributed by atoms with Crippen LogP contribution in [0.5, 0.6) is 5.75 Å². The van der Waals surface area contributed by atoms with Crippen molar-refractivity contribution in [2.75, 3.05) is 6.61 Å². The van der Waals surface area contributed by atoms with Crippen LogP contribution in [-0.2, 0) is 5.60 Å². The second-order valence-electron chi connectivity index (χ2n) is 6.67. The summed E-state index contributed by atoms with van der Waals surface area (Å²) in [5.41, 5.74) is -1.28. The van der Waals surface area contributed by atoms with E-state index in [0.717, 1.165) is 0 Å². The molecule has 1 N–H and O–H groups in total. The van der Waals surface area contributed by atoms with E-state index >= 15 is 0 Å². The third kappa shape index (κ3) is 2.87. The molecule has 0 saturated carbocycles. The molecule has 0 fully saturated rings. The Labute approximate surface area is 144 Å². The summed E-state index contributed by atoms with van der Waals surface area (Å²) >= 11 is 12.4. The Kier molecular flexibility index (Phi) is 3.95. The summed E-state index contributed by atoms with van der Waals surface area (Å²) in [6.07, 6.45) is 1.66. The molecule has 2 aromatic rings. The number of aromatic nitrogens is 1. The van der Waals surface area contributed by atoms with Gasteiger partial charge in [-0.2, -0.15) is 4.73 Å². The minimum atomic E-state index is -1.55. The molecular weight excluding hydrogens is 337 g/mol. The Bertz CT molecular complexity index is 763. The van der Waals surface area contributed by atoms with Gasteiger partial charge in [-0.3, -0.25) is 0 Å². The molecule has 1 aliphatic rings. The molecule has 1 aromatic carbocycles. The number of benzene rings is 1. The molecule has 0 bridgehead atoms. The van der Waals surface area contributed by atoms with Gasteiger partial charge in [-0.1, -0.05) is 37.0 Å². The van der Waals surface area contributed by atoms with Gasteiger partial charge in [0, 0.05) is 28.1 Å². The number of halogens is 2. The second-order valence-corrected chi connectivity index (χ2v) is 7.51. The van der Waals surface area contributed by atoms with Crippen LogP contribution < -0.4 is 9.47 Å². The third-order valence-electron chi connectivity index (χ3n) is 4.04. The zero-order valence-electron chi connectivity index (χ0n) is 12.8. The van der Waals surface area contributed by atoms with Crippen molar-refractivity contribution in [3.63, 3.8) is 0 Å². The van der Waals surface area contributed by atoms with Gasteiger partial charge in [0.15, 0.2) is 11.8 Å². The van der Waals surface area contributed by atoms with E-state index in [1.807, 2.05) is 13.8 Å². The normalized spacial score (nSPS) is 22.8. The molecule has 0 amide bonds. The Morgan fingerprint density at radius 3 is 2.70 bits per heavy atom. The van der Waals surface area contributed by atoms with Crippen molar-refractivity contribution in [1.82, 2.24) is 0 Å². The van der Waals surface area contributed by atoms with Crippen LogP contribution in [0.4, 0.5) is 0 Å². The minimum absolute atomic E-state index is 0.221. The molecule has 3 rings (SSSR count). The van der Waals surface area contributed by atoms with Crippen molar-refractivity contribution in [3.8, 4) is 5.75 Å². The highest BCUT2D eigenvalue weighted by atomic mass is 35.5. The van der Waals surface area contributed by atoms with Crippen molar-refractivity contribution in [1.29, 1.82) is 0 Å². The van der Waals surface area contributed by atoms with Crippen LogP contribution in [0.25, 0.3) is 0 Å². The van der Waals surface area contributed by atoms with Crippen LogP contribution in [0.15, 0.2) is 36.5 Å². The van der Waals surface area contributed by atoms with E-state index in [2.05, 4.69) is 0 Å². The SMILES string of the molecule is CC1(C)COc2c(Cl)cc(Cl)cc2C(O)(c2cccc[n+]2[O-])C1. The van der Waals surface area contributed by atoms with Gasteiger partial charge in [-0.25, -0.2) is 0 Å². The predicted octanol–water partition coefficient (Wildman–Crippen LogP) is 3.67. The van der Waals surface area contributed by atoms with E-state index in [0.29, 0.717) is 39.1 Å². The molecule has 1 unspecified atom stereocenters. The number of ether oxygens (including phenoxy) is 1. The van der Waals surface area contributed by atoms with Crippen LogP contribution >= 0.6 is 23.2 Å². The highest BCUT2D eigenvalue weighted by molar-refractivity contribution is 6.35. The number of aliphatic hydroxyl groups is 1. The van der Waals surface area contributed by atoms with Crippen molar-refractivity contribution in [2.45, 2.75) is 25.9 Å². The molecule has 6 heteroatoms. The first-order chi connectivity index (χ1) is 10.7. The lowest BCUT2D eigenvalue weighted by Crippen LogP contribution is -2.44. The second kappa shape index (κ2) is 5.55. The van der Waals surface area contributed by atoms with Crippen LogP contribution in [0.2, 0.25) is 10.0 Å². The number of rotatable bonds is 1. The molecule has 0 saturated heterocycles. The molecule has 23 heavy (non-hydrogen) atoms. The summed E-state index contributed by atoms with van der Waals surface area (Å²) in [4.78, 5) is 0. The lowest BCUT2D eigenvalue weighted by atomic mass is 9.76. The summed E-state index contributed by atoms with van der Waals surface area (Å²) in [6, 6.07) is 8.11. The molecule has 1 aromatic heterocycles. The summed E-state index contributed by atoms with van der Waals surface area (Å²) in [5, 5.41) is 24.5. The zero-order chi connectivity index (χ0) is 16.8. The summed E-state index contributed by atoms with van der Waals surface area (Å²) in [6.45, 7) is 4.31. The maximum atomic E-state index is 12.3. The summed E-state index contributed by atoms with van der Waals surface area (Å²) in [5.74, 6) is 0.369. The lowest BCUT2D eigenvalue weighted by molar-refractivity contribution is -0.622. The van der Waals surface area contributed by atoms with E-state index in [1.165, 1.54) is 6.20 Å². The number of hydrogen-bond acceptors (Lipinski definition) is 3. The smallest absolute Gasteiger partial charge is 0.229 e. The van der Waals surface area contributed by atoms with Crippen molar-refractivity contribution in [2.24, 2.45) is 5.41 Å². The average Bonchev–Trinajstić information content (AvgIpc) is 2.54. The fourth-order valence-electron chi connectivity index (χ4n) is 3.10. The van der Waals surface area contributed by atoms with E-state index in [-0.39, 0.29) is 11.1 Å². The molecule has 2 heterocycles. The number of fused-ring (bicyclic) bond motifs is 1. The van der Waals surface area contributed by atoms with Gasteiger partial charge in [-0.05, 0) is 24.6 Å². The topological polar surface area (TPSA) is 56.4 Å². The maximum Gasteiger partial charge on any atom is 0.229 e. The lowest BCUT2D eigenvalue weighted by Gasteiger charge is -2.31. The van der Waals surface area contributed by atoms with Crippen molar-refractivity contribution in [3.05, 3.63) is 63.0 Å². The quantitative estimate of drug-likeness (QED) is 0.628. The molecule has 1 atom stereocenters. The highest BCUT2D eigenvalue weighted by Crippen LogP contribution is 2.48. The first-order valence-electron chi connectivity index (χ1n) is 7.26. The van der Waals surface area contributed by atoms with Crippen LogP contribution in [-0.4, -0.2) is 11.7 Å². The van der Waals surface area contributed by atoms with Gasteiger partial charge in [0.25, 0.3) is 0 Å². The van der Waals surface area contributed by atoms with Crippen LogP contribution in [0.1, 0.15) is 31.5 Å². The zero-order valence-corrected chi connectivity index (χ0v) is 14.4. The highest BCUT2D eigenvalue weighted by Gasteiger charge is 2.48. The molecule has 1 aliphatic heterocycles. The van der Waals surface area contributed by atoms with Gasteiger partial charge in [0.1, 0.15) is 5.75 Å². The van der Waals surface area contributed by atoms with Crippen molar-refractivity contribution >= 4 is 23.2 Å². The van der Waals surface area contributed by atoms with Gasteiger partial charge in [0.05, 0.1) is 11.6 Å². The maximum absolute atomic E-state index is 12.3. The molecule has 0 spiro atoms. The van der Waals surface area contributed by atoms with Gasteiger partial charge < -0.3 is 15.1 Å². The van der Waals surface area contributed by atoms with E-state index < -0.39 is 5.60 Å². The van der Waals surface area contributed by atoms with Gasteiger partial charge >= 0.3 is 0 Å². The van der Waals surface area contributed by atoms with Gasteiger partial charge in [-0.15, -0.1) is 0 Å². The molecular formula is C17H17Cl2NO3. The standard InChI is InChI=1S/C17H17Cl2NO3/c1-16(2)9-17(21,14-5-3-4-6-20(14)22)12-7-11(18)8-13(19)15(12)23-10-16/h3-8,21H,9-10H2,1-2H3. The summed E-state index contributed by atoms with van der Waals surface area (Å²) < 4.78 is 6.51. The Morgan fingerprint density at radius 1 is 1.26 bits per heavy atom. The first kappa shape index (κ1) is 16.4. The van der Waals surface area contributed by atoms with E-state index in [4.69, 9.17) is 27.9 Å². The molecule has 0 aliphatic carbocycles. The molecule has 0 radical (unpaired) electrons. The monoisotopic (exact) mass is 353 g/mol. The van der Waals surface area contributed by atoms with Crippen LogP contribution in [0, 0.1) is 10.6 Å². The van der Waals surface area contributed by atoms with E-state index in [9.17, 15) is 10.3 Å². The molecule has 4 nitrogen and oxygen atoms in total. The predicted molar refractivity (Wildman–Crippen MR) is 88.8 cm³/mol. The Hall–Kier alpha value is -1.49. The van der Waals surface area contributed by atoms with E-state index in [1.54, 1.807) is 30.3 Å². The number of hydrogen-bond donors (Lipinski definition) is 1. The molecule has 122 valence electrons. The number of nitrogens with zero attached hydrogens (tertiary/aromatic N) is 1. The Balaban J connectivity index is 2.32. The van der Waals surface area contributed by atoms with Crippen molar-refractivity contribution < 1.29 is 14.6 Å². The number of pyridine rings is 1. The van der Waals surface area contributed by atoms with Gasteiger partial charge in [0.2, 0.25) is 5.69 Å². The largest absolute Gasteiger partial charge is 0.618 e.